The maximum Gasteiger partial charge on any atom is 0.0610 e. The standard InChI is InChI=1S/C16H16N2O/c19-18-16(12-6-2-1-3-7-12)10-13-11-17-15-9-5-4-8-14(13)15/h1-9,11,16-19H,10H2. The van der Waals surface area contributed by atoms with Gasteiger partial charge in [-0.1, -0.05) is 48.5 Å². The minimum absolute atomic E-state index is 0.0968. The van der Waals surface area contributed by atoms with Crippen LogP contribution in [0.1, 0.15) is 17.2 Å². The molecule has 2 aromatic carbocycles. The SMILES string of the molecule is ONC(Cc1c[nH]c2ccccc12)c1ccccc1. The van der Waals surface area contributed by atoms with Crippen molar-refractivity contribution in [2.45, 2.75) is 12.5 Å². The molecule has 3 heteroatoms. The Bertz CT molecular complexity index is 661. The van der Waals surface area contributed by atoms with Gasteiger partial charge in [-0.05, 0) is 23.6 Å². The van der Waals surface area contributed by atoms with E-state index >= 15 is 0 Å². The largest absolute Gasteiger partial charge is 0.361 e. The second-order valence-electron chi connectivity index (χ2n) is 4.66. The van der Waals surface area contributed by atoms with Gasteiger partial charge in [-0.2, -0.15) is 5.48 Å². The zero-order valence-corrected chi connectivity index (χ0v) is 10.5. The predicted octanol–water partition coefficient (Wildman–Crippen LogP) is 3.43. The minimum Gasteiger partial charge on any atom is -0.361 e. The lowest BCUT2D eigenvalue weighted by Crippen LogP contribution is -2.19. The number of aromatic nitrogens is 1. The third-order valence-corrected chi connectivity index (χ3v) is 3.46. The number of hydrogen-bond acceptors (Lipinski definition) is 2. The van der Waals surface area contributed by atoms with Crippen molar-refractivity contribution in [2.75, 3.05) is 0 Å². The normalized spacial score (nSPS) is 12.7. The van der Waals surface area contributed by atoms with Crippen LogP contribution in [0.15, 0.2) is 60.8 Å². The Hall–Kier alpha value is -2.10. The monoisotopic (exact) mass is 252 g/mol. The van der Waals surface area contributed by atoms with Crippen LogP contribution < -0.4 is 5.48 Å². The number of hydrogen-bond donors (Lipinski definition) is 3. The number of aromatic amines is 1. The molecule has 3 N–H and O–H groups in total. The van der Waals surface area contributed by atoms with Crippen LogP contribution >= 0.6 is 0 Å². The average Bonchev–Trinajstić information content (AvgIpc) is 2.89. The third-order valence-electron chi connectivity index (χ3n) is 3.46. The topological polar surface area (TPSA) is 48.0 Å². The lowest BCUT2D eigenvalue weighted by Gasteiger charge is -2.14. The van der Waals surface area contributed by atoms with Gasteiger partial charge in [0.05, 0.1) is 6.04 Å². The molecule has 0 saturated heterocycles. The molecule has 1 atom stereocenters. The first-order valence-electron chi connectivity index (χ1n) is 6.38. The number of H-pyrrole nitrogens is 1. The Morgan fingerprint density at radius 2 is 1.74 bits per heavy atom. The van der Waals surface area contributed by atoms with Gasteiger partial charge in [-0.25, -0.2) is 0 Å². The van der Waals surface area contributed by atoms with E-state index in [0.29, 0.717) is 0 Å². The summed E-state index contributed by atoms with van der Waals surface area (Å²) in [5, 5.41) is 10.6. The zero-order valence-electron chi connectivity index (χ0n) is 10.5. The molecule has 96 valence electrons. The van der Waals surface area contributed by atoms with Crippen LogP contribution in [0.2, 0.25) is 0 Å². The summed E-state index contributed by atoms with van der Waals surface area (Å²) in [4.78, 5) is 3.26. The quantitative estimate of drug-likeness (QED) is 0.623. The fourth-order valence-electron chi connectivity index (χ4n) is 2.44. The number of fused-ring (bicyclic) bond motifs is 1. The summed E-state index contributed by atoms with van der Waals surface area (Å²) in [5.41, 5.74) is 5.81. The van der Waals surface area contributed by atoms with Crippen LogP contribution in [-0.2, 0) is 6.42 Å². The Kier molecular flexibility index (Phi) is 3.31. The molecule has 3 nitrogen and oxygen atoms in total. The number of para-hydroxylation sites is 1. The van der Waals surface area contributed by atoms with Crippen molar-refractivity contribution in [2.24, 2.45) is 0 Å². The molecule has 0 aliphatic rings. The molecule has 0 bridgehead atoms. The summed E-state index contributed by atoms with van der Waals surface area (Å²) in [6.07, 6.45) is 2.75. The van der Waals surface area contributed by atoms with Gasteiger partial charge in [0, 0.05) is 17.1 Å². The molecule has 1 heterocycles. The van der Waals surface area contributed by atoms with Crippen LogP contribution in [0.5, 0.6) is 0 Å². The maximum absolute atomic E-state index is 9.39. The summed E-state index contributed by atoms with van der Waals surface area (Å²) < 4.78 is 0. The molecule has 0 radical (unpaired) electrons. The van der Waals surface area contributed by atoms with Crippen molar-refractivity contribution in [3.8, 4) is 0 Å². The number of benzene rings is 2. The highest BCUT2D eigenvalue weighted by atomic mass is 16.5. The number of nitrogens with one attached hydrogen (secondary N) is 2. The van der Waals surface area contributed by atoms with Gasteiger partial charge in [0.25, 0.3) is 0 Å². The molecule has 0 saturated carbocycles. The van der Waals surface area contributed by atoms with E-state index in [2.05, 4.69) is 22.6 Å². The maximum atomic E-state index is 9.39. The van der Waals surface area contributed by atoms with Crippen molar-refractivity contribution in [1.29, 1.82) is 0 Å². The van der Waals surface area contributed by atoms with Crippen LogP contribution in [0, 0.1) is 0 Å². The van der Waals surface area contributed by atoms with Crippen molar-refractivity contribution < 1.29 is 5.21 Å². The molecule has 0 aliphatic heterocycles. The van der Waals surface area contributed by atoms with E-state index in [1.807, 2.05) is 48.7 Å². The average molecular weight is 252 g/mol. The molecular weight excluding hydrogens is 236 g/mol. The van der Waals surface area contributed by atoms with E-state index in [-0.39, 0.29) is 6.04 Å². The van der Waals surface area contributed by atoms with Gasteiger partial charge in [0.15, 0.2) is 0 Å². The summed E-state index contributed by atoms with van der Waals surface area (Å²) in [6, 6.07) is 18.1. The fourth-order valence-corrected chi connectivity index (χ4v) is 2.44. The highest BCUT2D eigenvalue weighted by Gasteiger charge is 2.13. The number of rotatable bonds is 4. The highest BCUT2D eigenvalue weighted by Crippen LogP contribution is 2.24. The Balaban J connectivity index is 1.91. The van der Waals surface area contributed by atoms with E-state index < -0.39 is 0 Å². The minimum atomic E-state index is -0.0968. The van der Waals surface area contributed by atoms with E-state index in [4.69, 9.17) is 0 Å². The molecule has 0 aliphatic carbocycles. The van der Waals surface area contributed by atoms with Crippen molar-refractivity contribution in [3.63, 3.8) is 0 Å². The highest BCUT2D eigenvalue weighted by molar-refractivity contribution is 5.83. The summed E-state index contributed by atoms with van der Waals surface area (Å²) >= 11 is 0. The molecule has 1 unspecified atom stereocenters. The smallest absolute Gasteiger partial charge is 0.0610 e. The van der Waals surface area contributed by atoms with Gasteiger partial charge < -0.3 is 10.2 Å². The van der Waals surface area contributed by atoms with Gasteiger partial charge in [0.2, 0.25) is 0 Å². The summed E-state index contributed by atoms with van der Waals surface area (Å²) in [7, 11) is 0. The summed E-state index contributed by atoms with van der Waals surface area (Å²) in [5.74, 6) is 0. The first-order valence-corrected chi connectivity index (χ1v) is 6.38. The lowest BCUT2D eigenvalue weighted by molar-refractivity contribution is 0.126. The van der Waals surface area contributed by atoms with Crippen molar-refractivity contribution in [3.05, 3.63) is 71.9 Å². The first-order chi connectivity index (χ1) is 9.38. The van der Waals surface area contributed by atoms with Gasteiger partial charge in [-0.15, -0.1) is 0 Å². The number of hydroxylamine groups is 1. The summed E-state index contributed by atoms with van der Waals surface area (Å²) in [6.45, 7) is 0. The van der Waals surface area contributed by atoms with Crippen molar-refractivity contribution in [1.82, 2.24) is 10.5 Å². The lowest BCUT2D eigenvalue weighted by atomic mass is 9.99. The van der Waals surface area contributed by atoms with Crippen LogP contribution in [0.3, 0.4) is 0 Å². The van der Waals surface area contributed by atoms with Crippen LogP contribution in [0.4, 0.5) is 0 Å². The van der Waals surface area contributed by atoms with E-state index in [1.54, 1.807) is 0 Å². The molecule has 3 rings (SSSR count). The molecule has 1 aromatic heterocycles. The van der Waals surface area contributed by atoms with E-state index in [1.165, 1.54) is 10.9 Å². The van der Waals surface area contributed by atoms with Gasteiger partial charge >= 0.3 is 0 Å². The predicted molar refractivity (Wildman–Crippen MR) is 76.1 cm³/mol. The Morgan fingerprint density at radius 3 is 2.53 bits per heavy atom. The van der Waals surface area contributed by atoms with Crippen LogP contribution in [-0.4, -0.2) is 10.2 Å². The molecule has 0 fully saturated rings. The van der Waals surface area contributed by atoms with Gasteiger partial charge in [0.1, 0.15) is 0 Å². The Morgan fingerprint density at radius 1 is 1.00 bits per heavy atom. The fraction of sp³-hybridized carbons (Fsp3) is 0.125. The second kappa shape index (κ2) is 5.26. The van der Waals surface area contributed by atoms with E-state index in [0.717, 1.165) is 17.5 Å². The Labute approximate surface area is 111 Å². The second-order valence-corrected chi connectivity index (χ2v) is 4.66. The van der Waals surface area contributed by atoms with E-state index in [9.17, 15) is 5.21 Å². The van der Waals surface area contributed by atoms with Gasteiger partial charge in [-0.3, -0.25) is 0 Å². The molecule has 3 aromatic rings. The van der Waals surface area contributed by atoms with Crippen LogP contribution in [0.25, 0.3) is 10.9 Å². The molecule has 0 spiro atoms. The molecular formula is C16H16N2O. The molecule has 19 heavy (non-hydrogen) atoms. The third kappa shape index (κ3) is 2.38. The molecule has 0 amide bonds. The first kappa shape index (κ1) is 12.0. The zero-order chi connectivity index (χ0) is 13.1. The van der Waals surface area contributed by atoms with Crippen molar-refractivity contribution >= 4 is 10.9 Å².